The van der Waals surface area contributed by atoms with Crippen molar-refractivity contribution in [2.24, 2.45) is 0 Å². The standard InChI is InChI=1S/C12H19BrN2O/c1-9(15(2)3)7-14-8-10-6-11(13)4-5-12(10)16/h4-6,9,14,16H,7-8H2,1-3H3. The Hall–Kier alpha value is -0.580. The summed E-state index contributed by atoms with van der Waals surface area (Å²) in [6.07, 6.45) is 0. The Kier molecular flexibility index (Phi) is 5.25. The molecule has 0 aliphatic heterocycles. The molecule has 1 rings (SSSR count). The van der Waals surface area contributed by atoms with Crippen LogP contribution in [0.25, 0.3) is 0 Å². The van der Waals surface area contributed by atoms with Gasteiger partial charge in [0.15, 0.2) is 0 Å². The first kappa shape index (κ1) is 13.5. The molecule has 0 aliphatic carbocycles. The molecule has 0 radical (unpaired) electrons. The van der Waals surface area contributed by atoms with Crippen LogP contribution in [0, 0.1) is 0 Å². The molecule has 3 nitrogen and oxygen atoms in total. The molecule has 1 unspecified atom stereocenters. The van der Waals surface area contributed by atoms with E-state index in [9.17, 15) is 5.11 Å². The summed E-state index contributed by atoms with van der Waals surface area (Å²) in [5.74, 6) is 0.341. The van der Waals surface area contributed by atoms with Crippen molar-refractivity contribution in [1.82, 2.24) is 10.2 Å². The van der Waals surface area contributed by atoms with Gasteiger partial charge in [0.2, 0.25) is 0 Å². The lowest BCUT2D eigenvalue weighted by molar-refractivity contribution is 0.302. The van der Waals surface area contributed by atoms with Gasteiger partial charge in [-0.25, -0.2) is 0 Å². The smallest absolute Gasteiger partial charge is 0.120 e. The molecule has 16 heavy (non-hydrogen) atoms. The Bertz CT molecular complexity index is 342. The molecule has 0 amide bonds. The molecular formula is C12H19BrN2O. The van der Waals surface area contributed by atoms with E-state index >= 15 is 0 Å². The molecule has 90 valence electrons. The van der Waals surface area contributed by atoms with Gasteiger partial charge in [0.1, 0.15) is 5.75 Å². The molecule has 0 aromatic heterocycles. The highest BCUT2D eigenvalue weighted by molar-refractivity contribution is 9.10. The second-order valence-electron chi connectivity index (χ2n) is 4.22. The van der Waals surface area contributed by atoms with Gasteiger partial charge in [-0.2, -0.15) is 0 Å². The fourth-order valence-corrected chi connectivity index (χ4v) is 1.70. The maximum atomic E-state index is 9.64. The van der Waals surface area contributed by atoms with E-state index in [1.165, 1.54) is 0 Å². The van der Waals surface area contributed by atoms with E-state index in [1.54, 1.807) is 6.07 Å². The summed E-state index contributed by atoms with van der Waals surface area (Å²) in [4.78, 5) is 2.16. The molecule has 0 saturated heterocycles. The Morgan fingerprint density at radius 3 is 2.75 bits per heavy atom. The number of rotatable bonds is 5. The molecule has 0 aliphatic rings. The predicted octanol–water partition coefficient (Wildman–Crippen LogP) is 2.19. The zero-order valence-corrected chi connectivity index (χ0v) is 11.6. The number of nitrogens with one attached hydrogen (secondary N) is 1. The minimum Gasteiger partial charge on any atom is -0.508 e. The van der Waals surface area contributed by atoms with Crippen molar-refractivity contribution < 1.29 is 5.11 Å². The average molecular weight is 287 g/mol. The van der Waals surface area contributed by atoms with E-state index in [2.05, 4.69) is 47.2 Å². The van der Waals surface area contributed by atoms with Crippen LogP contribution in [0.2, 0.25) is 0 Å². The first-order valence-corrected chi connectivity index (χ1v) is 6.14. The molecule has 0 saturated carbocycles. The number of halogens is 1. The van der Waals surface area contributed by atoms with E-state index in [0.717, 1.165) is 16.6 Å². The van der Waals surface area contributed by atoms with Gasteiger partial charge in [0.25, 0.3) is 0 Å². The number of benzene rings is 1. The summed E-state index contributed by atoms with van der Waals surface area (Å²) < 4.78 is 0.989. The molecule has 2 N–H and O–H groups in total. The van der Waals surface area contributed by atoms with Crippen molar-refractivity contribution >= 4 is 15.9 Å². The third-order valence-corrected chi connectivity index (χ3v) is 3.17. The minimum absolute atomic E-state index is 0.341. The zero-order valence-electron chi connectivity index (χ0n) is 10.00. The summed E-state index contributed by atoms with van der Waals surface area (Å²) >= 11 is 3.39. The van der Waals surface area contributed by atoms with Crippen LogP contribution in [0.3, 0.4) is 0 Å². The molecule has 0 fully saturated rings. The van der Waals surface area contributed by atoms with Crippen LogP contribution in [-0.2, 0) is 6.54 Å². The summed E-state index contributed by atoms with van der Waals surface area (Å²) in [6, 6.07) is 5.95. The van der Waals surface area contributed by atoms with Gasteiger partial charge in [-0.15, -0.1) is 0 Å². The van der Waals surface area contributed by atoms with Gasteiger partial charge >= 0.3 is 0 Å². The highest BCUT2D eigenvalue weighted by Gasteiger charge is 2.05. The topological polar surface area (TPSA) is 35.5 Å². The summed E-state index contributed by atoms with van der Waals surface area (Å²) in [6.45, 7) is 3.75. The first-order valence-electron chi connectivity index (χ1n) is 5.35. The van der Waals surface area contributed by atoms with E-state index in [4.69, 9.17) is 0 Å². The SMILES string of the molecule is CC(CNCc1cc(Br)ccc1O)N(C)C. The van der Waals surface area contributed by atoms with E-state index in [1.807, 2.05) is 12.1 Å². The van der Waals surface area contributed by atoms with Crippen LogP contribution < -0.4 is 5.32 Å². The Morgan fingerprint density at radius 2 is 2.12 bits per heavy atom. The van der Waals surface area contributed by atoms with E-state index < -0.39 is 0 Å². The molecule has 1 atom stereocenters. The lowest BCUT2D eigenvalue weighted by Gasteiger charge is -2.20. The van der Waals surface area contributed by atoms with Crippen LogP contribution >= 0.6 is 15.9 Å². The maximum absolute atomic E-state index is 9.64. The maximum Gasteiger partial charge on any atom is 0.120 e. The second-order valence-corrected chi connectivity index (χ2v) is 5.13. The molecule has 0 heterocycles. The van der Waals surface area contributed by atoms with Crippen LogP contribution in [0.1, 0.15) is 12.5 Å². The predicted molar refractivity (Wildman–Crippen MR) is 70.7 cm³/mol. The summed E-state index contributed by atoms with van der Waals surface area (Å²) in [5.41, 5.74) is 0.917. The first-order chi connectivity index (χ1) is 7.50. The largest absolute Gasteiger partial charge is 0.508 e. The molecule has 1 aromatic carbocycles. The Morgan fingerprint density at radius 1 is 1.44 bits per heavy atom. The van der Waals surface area contributed by atoms with Gasteiger partial charge < -0.3 is 15.3 Å². The number of phenols is 1. The molecular weight excluding hydrogens is 268 g/mol. The van der Waals surface area contributed by atoms with Crippen LogP contribution in [0.4, 0.5) is 0 Å². The lowest BCUT2D eigenvalue weighted by atomic mass is 10.2. The summed E-state index contributed by atoms with van der Waals surface area (Å²) in [5, 5.41) is 13.0. The van der Waals surface area contributed by atoms with E-state index in [-0.39, 0.29) is 0 Å². The van der Waals surface area contributed by atoms with Gasteiger partial charge in [0.05, 0.1) is 0 Å². The Labute approximate surface area is 106 Å². The average Bonchev–Trinajstić information content (AvgIpc) is 2.22. The van der Waals surface area contributed by atoms with Gasteiger partial charge in [-0.05, 0) is 39.2 Å². The molecule has 0 bridgehead atoms. The van der Waals surface area contributed by atoms with Gasteiger partial charge in [-0.1, -0.05) is 15.9 Å². The molecule has 4 heteroatoms. The van der Waals surface area contributed by atoms with Crippen molar-refractivity contribution in [3.8, 4) is 5.75 Å². The number of hydrogen-bond acceptors (Lipinski definition) is 3. The highest BCUT2D eigenvalue weighted by atomic mass is 79.9. The van der Waals surface area contributed by atoms with Crippen molar-refractivity contribution in [3.63, 3.8) is 0 Å². The number of phenolic OH excluding ortho intramolecular Hbond substituents is 1. The number of likely N-dealkylation sites (N-methyl/N-ethyl adjacent to an activating group) is 1. The second kappa shape index (κ2) is 6.23. The number of hydrogen-bond donors (Lipinski definition) is 2. The van der Waals surface area contributed by atoms with E-state index in [0.29, 0.717) is 18.3 Å². The lowest BCUT2D eigenvalue weighted by Crippen LogP contribution is -2.35. The van der Waals surface area contributed by atoms with Crippen molar-refractivity contribution in [2.75, 3.05) is 20.6 Å². The molecule has 0 spiro atoms. The Balaban J connectivity index is 2.45. The quantitative estimate of drug-likeness (QED) is 0.871. The normalized spacial score (nSPS) is 13.1. The fourth-order valence-electron chi connectivity index (χ4n) is 1.29. The number of aromatic hydroxyl groups is 1. The minimum atomic E-state index is 0.341. The molecule has 1 aromatic rings. The van der Waals surface area contributed by atoms with Crippen LogP contribution in [0.5, 0.6) is 5.75 Å². The van der Waals surface area contributed by atoms with Gasteiger partial charge in [0, 0.05) is 29.2 Å². The zero-order chi connectivity index (χ0) is 12.1. The van der Waals surface area contributed by atoms with Crippen molar-refractivity contribution in [3.05, 3.63) is 28.2 Å². The van der Waals surface area contributed by atoms with Crippen LogP contribution in [0.15, 0.2) is 22.7 Å². The van der Waals surface area contributed by atoms with Crippen molar-refractivity contribution in [2.45, 2.75) is 19.5 Å². The van der Waals surface area contributed by atoms with Crippen molar-refractivity contribution in [1.29, 1.82) is 0 Å². The monoisotopic (exact) mass is 286 g/mol. The third-order valence-electron chi connectivity index (χ3n) is 2.68. The summed E-state index contributed by atoms with van der Waals surface area (Å²) in [7, 11) is 4.12. The fraction of sp³-hybridized carbons (Fsp3) is 0.500. The third kappa shape index (κ3) is 4.12. The highest BCUT2D eigenvalue weighted by Crippen LogP contribution is 2.21. The van der Waals surface area contributed by atoms with Gasteiger partial charge in [-0.3, -0.25) is 0 Å². The van der Waals surface area contributed by atoms with Crippen LogP contribution in [-0.4, -0.2) is 36.7 Å². The number of nitrogens with zero attached hydrogens (tertiary/aromatic N) is 1.